The van der Waals surface area contributed by atoms with E-state index in [0.29, 0.717) is 33.4 Å². The molecule has 2 heterocycles. The van der Waals surface area contributed by atoms with Crippen molar-refractivity contribution in [1.82, 2.24) is 0 Å². The number of nitrogens with zero attached hydrogens (tertiary/aromatic N) is 2. The molecule has 6 unspecified atom stereocenters. The number of allylic oxidation sites excluding steroid dienone is 2. The van der Waals surface area contributed by atoms with E-state index >= 15 is 0 Å². The van der Waals surface area contributed by atoms with Gasteiger partial charge in [0.25, 0.3) is 0 Å². The minimum absolute atomic E-state index is 0.0544. The lowest BCUT2D eigenvalue weighted by Gasteiger charge is -2.49. The molecule has 2 saturated heterocycles. The van der Waals surface area contributed by atoms with E-state index in [1.165, 1.54) is 15.9 Å². The number of phenolic OH excluding ortho intramolecular Hbond substituents is 1. The van der Waals surface area contributed by atoms with Crippen LogP contribution in [-0.2, 0) is 19.2 Å². The van der Waals surface area contributed by atoms with Crippen molar-refractivity contribution in [2.75, 3.05) is 9.80 Å². The summed E-state index contributed by atoms with van der Waals surface area (Å²) in [4.78, 5) is 58.9. The Morgan fingerprint density at radius 1 is 0.837 bits per heavy atom. The van der Waals surface area contributed by atoms with Crippen LogP contribution in [0.2, 0.25) is 10.0 Å². The fraction of sp³-hybridized carbons (Fsp3) is 0.294. The number of imide groups is 2. The van der Waals surface area contributed by atoms with Crippen LogP contribution in [0.15, 0.2) is 78.4 Å². The molecule has 218 valence electrons. The van der Waals surface area contributed by atoms with Gasteiger partial charge in [0.2, 0.25) is 23.6 Å². The van der Waals surface area contributed by atoms with E-state index in [1.54, 1.807) is 61.5 Å². The Balaban J connectivity index is 1.38. The molecule has 9 heteroatoms. The number of amides is 4. The number of aromatic hydroxyl groups is 1. The maximum Gasteiger partial charge on any atom is 0.241 e. The minimum Gasteiger partial charge on any atom is -0.508 e. The molecule has 0 spiro atoms. The van der Waals surface area contributed by atoms with Gasteiger partial charge in [-0.15, -0.1) is 0 Å². The molecule has 3 aromatic rings. The molecule has 1 saturated carbocycles. The fourth-order valence-corrected chi connectivity index (χ4v) is 8.27. The third-order valence-electron chi connectivity index (χ3n) is 10.0. The second-order valence-electron chi connectivity index (χ2n) is 12.1. The highest BCUT2D eigenvalue weighted by Gasteiger charge is 2.68. The average Bonchev–Trinajstić information content (AvgIpc) is 3.36. The molecule has 3 fully saturated rings. The van der Waals surface area contributed by atoms with Crippen LogP contribution in [0.1, 0.15) is 36.8 Å². The number of carbonyl (C=O) groups excluding carboxylic acids is 4. The predicted molar refractivity (Wildman–Crippen MR) is 163 cm³/mol. The zero-order valence-electron chi connectivity index (χ0n) is 23.5. The summed E-state index contributed by atoms with van der Waals surface area (Å²) in [6.07, 6.45) is 2.45. The number of fused-ring (bicyclic) bond motifs is 4. The summed E-state index contributed by atoms with van der Waals surface area (Å²) < 4.78 is 0. The number of anilines is 2. The Morgan fingerprint density at radius 3 is 2.30 bits per heavy atom. The maximum absolute atomic E-state index is 14.4. The highest BCUT2D eigenvalue weighted by molar-refractivity contribution is 6.32. The smallest absolute Gasteiger partial charge is 0.241 e. The van der Waals surface area contributed by atoms with Crippen molar-refractivity contribution in [2.45, 2.75) is 32.6 Å². The third kappa shape index (κ3) is 3.87. The minimum atomic E-state index is -1.26. The lowest BCUT2D eigenvalue weighted by molar-refractivity contribution is -0.131. The summed E-state index contributed by atoms with van der Waals surface area (Å²) in [7, 11) is 0. The molecule has 4 amide bonds. The number of para-hydroxylation sites is 1. The molecule has 2 aliphatic heterocycles. The molecule has 7 nitrogen and oxygen atoms in total. The van der Waals surface area contributed by atoms with Gasteiger partial charge in [-0.1, -0.05) is 59.1 Å². The van der Waals surface area contributed by atoms with Crippen molar-refractivity contribution in [2.24, 2.45) is 29.1 Å². The largest absolute Gasteiger partial charge is 0.508 e. The number of hydrogen-bond acceptors (Lipinski definition) is 5. The molecule has 6 atom stereocenters. The van der Waals surface area contributed by atoms with Crippen molar-refractivity contribution >= 4 is 58.2 Å². The lowest BCUT2D eigenvalue weighted by Crippen LogP contribution is -2.48. The van der Waals surface area contributed by atoms with Crippen LogP contribution in [0.25, 0.3) is 0 Å². The van der Waals surface area contributed by atoms with Crippen LogP contribution in [0.5, 0.6) is 5.75 Å². The van der Waals surface area contributed by atoms with Crippen molar-refractivity contribution in [3.05, 3.63) is 99.6 Å². The highest BCUT2D eigenvalue weighted by atomic mass is 35.5. The van der Waals surface area contributed by atoms with Gasteiger partial charge in [-0.25, -0.2) is 9.80 Å². The Morgan fingerprint density at radius 2 is 1.58 bits per heavy atom. The number of halogens is 2. The van der Waals surface area contributed by atoms with Gasteiger partial charge >= 0.3 is 0 Å². The van der Waals surface area contributed by atoms with E-state index in [1.807, 2.05) is 19.1 Å². The highest BCUT2D eigenvalue weighted by Crippen LogP contribution is 2.64. The normalized spacial score (nSPS) is 29.9. The summed E-state index contributed by atoms with van der Waals surface area (Å²) >= 11 is 12.8. The van der Waals surface area contributed by atoms with Gasteiger partial charge in [-0.05, 0) is 80.6 Å². The second-order valence-corrected chi connectivity index (χ2v) is 13.0. The van der Waals surface area contributed by atoms with Crippen LogP contribution in [0, 0.1) is 36.0 Å². The van der Waals surface area contributed by atoms with E-state index in [-0.39, 0.29) is 35.8 Å². The zero-order valence-corrected chi connectivity index (χ0v) is 25.0. The van der Waals surface area contributed by atoms with Crippen molar-refractivity contribution in [1.29, 1.82) is 0 Å². The number of rotatable bonds is 3. The molecule has 4 aliphatic rings. The Bertz CT molecular complexity index is 1770. The van der Waals surface area contributed by atoms with E-state index in [4.69, 9.17) is 23.2 Å². The molecule has 0 bridgehead atoms. The van der Waals surface area contributed by atoms with Crippen LogP contribution >= 0.6 is 23.2 Å². The summed E-state index contributed by atoms with van der Waals surface area (Å²) in [5, 5.41) is 12.0. The Hall–Kier alpha value is -3.94. The summed E-state index contributed by atoms with van der Waals surface area (Å²) in [5.74, 6) is -4.82. The molecule has 3 aromatic carbocycles. The molecule has 43 heavy (non-hydrogen) atoms. The van der Waals surface area contributed by atoms with Crippen LogP contribution in [-0.4, -0.2) is 28.7 Å². The first-order valence-corrected chi connectivity index (χ1v) is 15.1. The molecule has 2 aliphatic carbocycles. The summed E-state index contributed by atoms with van der Waals surface area (Å²) in [6.45, 7) is 3.62. The number of aryl methyl sites for hydroxylation is 1. The van der Waals surface area contributed by atoms with Crippen LogP contribution < -0.4 is 9.80 Å². The van der Waals surface area contributed by atoms with Gasteiger partial charge in [0.1, 0.15) is 5.75 Å². The van der Waals surface area contributed by atoms with E-state index in [2.05, 4.69) is 0 Å². The maximum atomic E-state index is 14.4. The summed E-state index contributed by atoms with van der Waals surface area (Å²) in [6, 6.07) is 18.6. The number of benzene rings is 3. The third-order valence-corrected chi connectivity index (χ3v) is 10.6. The van der Waals surface area contributed by atoms with Gasteiger partial charge < -0.3 is 5.11 Å². The molecule has 7 rings (SSSR count). The van der Waals surface area contributed by atoms with Gasteiger partial charge in [-0.3, -0.25) is 19.2 Å². The lowest BCUT2D eigenvalue weighted by atomic mass is 9.51. The van der Waals surface area contributed by atoms with Gasteiger partial charge in [0.15, 0.2) is 0 Å². The van der Waals surface area contributed by atoms with Crippen LogP contribution in [0.3, 0.4) is 0 Å². The zero-order chi connectivity index (χ0) is 30.4. The van der Waals surface area contributed by atoms with E-state index in [0.717, 1.165) is 11.1 Å². The van der Waals surface area contributed by atoms with Gasteiger partial charge in [0, 0.05) is 21.5 Å². The number of carbonyl (C=O) groups is 4. The molecule has 0 radical (unpaired) electrons. The first kappa shape index (κ1) is 27.9. The van der Waals surface area contributed by atoms with Gasteiger partial charge in [0.05, 0.1) is 34.5 Å². The van der Waals surface area contributed by atoms with E-state index in [9.17, 15) is 24.3 Å². The molecular formula is C34H28Cl2N2O5. The predicted octanol–water partition coefficient (Wildman–Crippen LogP) is 6.44. The molecule has 1 N–H and O–H groups in total. The number of phenols is 1. The fourth-order valence-electron chi connectivity index (χ4n) is 7.91. The quantitative estimate of drug-likeness (QED) is 0.270. The van der Waals surface area contributed by atoms with Gasteiger partial charge in [-0.2, -0.15) is 0 Å². The molecular weight excluding hydrogens is 587 g/mol. The van der Waals surface area contributed by atoms with Crippen molar-refractivity contribution < 1.29 is 24.3 Å². The summed E-state index contributed by atoms with van der Waals surface area (Å²) in [5.41, 5.74) is 1.64. The topological polar surface area (TPSA) is 95.0 Å². The van der Waals surface area contributed by atoms with Crippen LogP contribution in [0.4, 0.5) is 11.4 Å². The Labute approximate surface area is 258 Å². The SMILES string of the molecule is Cc1ccc(N2C(=O)C3CC=C4C(CC5C(=O)N(c6ccccc6)C(=O)C5(C)C4c4cc(Cl)ccc4O)C3C2=O)cc1Cl. The molecule has 0 aromatic heterocycles. The first-order chi connectivity index (χ1) is 20.5. The van der Waals surface area contributed by atoms with E-state index < -0.39 is 35.0 Å². The monoisotopic (exact) mass is 614 g/mol. The Kier molecular flexibility index (Phi) is 6.35. The van der Waals surface area contributed by atoms with Crippen molar-refractivity contribution in [3.8, 4) is 5.75 Å². The first-order valence-electron chi connectivity index (χ1n) is 14.3. The second kappa shape index (κ2) is 9.79. The standard InChI is InChI=1S/C34H28Cl2N2O5/c1-17-8-10-20(15-26(17)36)37-30(40)22-12-11-21-23(28(22)32(37)42)16-25-31(41)38(19-6-4-3-5-7-19)33(43)34(25,2)29(21)24-14-18(35)9-13-27(24)39/h3-11,13-15,22-23,25,28-29,39H,12,16H2,1-2H3. The van der Waals surface area contributed by atoms with Crippen molar-refractivity contribution in [3.63, 3.8) is 0 Å². The average molecular weight is 616 g/mol. The number of hydrogen-bond donors (Lipinski definition) is 1.